The van der Waals surface area contributed by atoms with Crippen molar-refractivity contribution in [3.05, 3.63) is 29.3 Å². The van der Waals surface area contributed by atoms with Crippen molar-refractivity contribution in [2.45, 2.75) is 135 Å². The van der Waals surface area contributed by atoms with Crippen LogP contribution in [0.2, 0.25) is 36.3 Å². The molecular formula is C32H53BrO4Si2. The minimum Gasteiger partial charge on any atom is -0.543 e. The second-order valence-electron chi connectivity index (χ2n) is 15.9. The number of carbonyl (C=O) groups is 1. The normalized spacial score (nSPS) is 31.2. The van der Waals surface area contributed by atoms with Gasteiger partial charge in [-0.1, -0.05) is 70.5 Å². The molecule has 0 heterocycles. The number of aryl methyl sites for hydroxylation is 1. The molecular weight excluding hydrogens is 584 g/mol. The number of halogens is 1. The number of benzene rings is 1. The van der Waals surface area contributed by atoms with Crippen LogP contribution in [0.3, 0.4) is 0 Å². The van der Waals surface area contributed by atoms with Gasteiger partial charge in [-0.3, -0.25) is 4.79 Å². The van der Waals surface area contributed by atoms with Crippen LogP contribution in [0.25, 0.3) is 0 Å². The van der Waals surface area contributed by atoms with E-state index in [1.165, 1.54) is 24.0 Å². The molecule has 0 amide bonds. The first-order valence-electron chi connectivity index (χ1n) is 15.1. The van der Waals surface area contributed by atoms with Gasteiger partial charge >= 0.3 is 5.97 Å². The highest BCUT2D eigenvalue weighted by molar-refractivity contribution is 9.09. The highest BCUT2D eigenvalue weighted by Gasteiger charge is 2.61. The lowest BCUT2D eigenvalue weighted by Crippen LogP contribution is -2.53. The molecule has 1 aromatic rings. The van der Waals surface area contributed by atoms with Crippen molar-refractivity contribution in [3.63, 3.8) is 0 Å². The van der Waals surface area contributed by atoms with Gasteiger partial charge in [0, 0.05) is 0 Å². The van der Waals surface area contributed by atoms with Gasteiger partial charge in [-0.15, -0.1) is 0 Å². The van der Waals surface area contributed by atoms with Crippen LogP contribution in [0, 0.1) is 17.3 Å². The molecule has 3 aliphatic rings. The molecule has 0 spiro atoms. The molecule has 4 unspecified atom stereocenters. The van der Waals surface area contributed by atoms with Gasteiger partial charge in [-0.25, -0.2) is 0 Å². The van der Waals surface area contributed by atoms with Gasteiger partial charge in [-0.05, 0) is 115 Å². The third-order valence-corrected chi connectivity index (χ3v) is 20.7. The molecule has 0 bridgehead atoms. The third kappa shape index (κ3) is 5.85. The molecule has 39 heavy (non-hydrogen) atoms. The molecule has 4 nitrogen and oxygen atoms in total. The topological polar surface area (TPSA) is 44.8 Å². The first-order valence-corrected chi connectivity index (χ1v) is 22.0. The molecule has 6 atom stereocenters. The second kappa shape index (κ2) is 10.6. The largest absolute Gasteiger partial charge is 0.543 e. The summed E-state index contributed by atoms with van der Waals surface area (Å²) in [5, 5.41) is 0.523. The standard InChI is InChI=1S/C32H53BrO4Si2/c1-30(2,3)38(8,9)36-22-13-15-23-21(18-22)12-14-25-24(23)16-17-32(7)26(25)19-27(35-28(34)20-33)29(32)37-39(10,11)31(4,5)6/h13,15,18,24-27,29H,12,14,16-17,19-20H2,1-11H3/t24?,25?,26?,27-,29?,32+/m1/s1. The first kappa shape index (κ1) is 31.3. The highest BCUT2D eigenvalue weighted by Crippen LogP contribution is 2.63. The zero-order valence-corrected chi connectivity index (χ0v) is 30.0. The molecule has 0 aromatic heterocycles. The van der Waals surface area contributed by atoms with E-state index in [9.17, 15) is 4.79 Å². The molecule has 0 saturated heterocycles. The van der Waals surface area contributed by atoms with Crippen molar-refractivity contribution >= 4 is 38.5 Å². The fourth-order valence-corrected chi connectivity index (χ4v) is 9.59. The zero-order chi connectivity index (χ0) is 29.2. The maximum absolute atomic E-state index is 12.5. The van der Waals surface area contributed by atoms with Crippen LogP contribution in [0.5, 0.6) is 5.75 Å². The predicted molar refractivity (Wildman–Crippen MR) is 170 cm³/mol. The Bertz CT molecular complexity index is 1070. The summed E-state index contributed by atoms with van der Waals surface area (Å²) in [7, 11) is -3.92. The van der Waals surface area contributed by atoms with Crippen molar-refractivity contribution < 1.29 is 18.4 Å². The van der Waals surface area contributed by atoms with E-state index in [2.05, 4.69) is 109 Å². The minimum atomic E-state index is -2.05. The molecule has 0 aliphatic heterocycles. The summed E-state index contributed by atoms with van der Waals surface area (Å²) in [6.07, 6.45) is 5.28. The van der Waals surface area contributed by atoms with Gasteiger partial charge < -0.3 is 13.6 Å². The summed E-state index contributed by atoms with van der Waals surface area (Å²) in [4.78, 5) is 12.5. The Kier molecular flexibility index (Phi) is 8.49. The molecule has 4 rings (SSSR count). The average molecular weight is 638 g/mol. The van der Waals surface area contributed by atoms with Gasteiger partial charge in [0.05, 0.1) is 6.10 Å². The summed E-state index contributed by atoms with van der Waals surface area (Å²) in [6.45, 7) is 25.5. The maximum Gasteiger partial charge on any atom is 0.316 e. The van der Waals surface area contributed by atoms with E-state index in [1.807, 2.05) is 0 Å². The van der Waals surface area contributed by atoms with Gasteiger partial charge in [0.1, 0.15) is 17.2 Å². The number of hydrogen-bond acceptors (Lipinski definition) is 4. The molecule has 3 aliphatic carbocycles. The SMILES string of the molecule is CC(C)(C)[Si](C)(C)Oc1ccc2c(c1)CCC1C2CC[C@@]2(C)C1C[C@@H](OC(=O)CBr)C2O[Si](C)(C)C(C)(C)C. The molecule has 2 saturated carbocycles. The fourth-order valence-electron chi connectivity index (χ4n) is 7.03. The Morgan fingerprint density at radius 2 is 1.67 bits per heavy atom. The predicted octanol–water partition coefficient (Wildman–Crippen LogP) is 9.23. The number of hydrogen-bond donors (Lipinski definition) is 0. The van der Waals surface area contributed by atoms with Crippen LogP contribution < -0.4 is 4.43 Å². The molecule has 7 heteroatoms. The van der Waals surface area contributed by atoms with E-state index < -0.39 is 16.6 Å². The van der Waals surface area contributed by atoms with Gasteiger partial charge in [0.15, 0.2) is 8.32 Å². The van der Waals surface area contributed by atoms with Crippen molar-refractivity contribution in [1.82, 2.24) is 0 Å². The number of rotatable bonds is 6. The first-order chi connectivity index (χ1) is 17.8. The molecule has 0 radical (unpaired) electrons. The second-order valence-corrected chi connectivity index (χ2v) is 25.9. The van der Waals surface area contributed by atoms with Gasteiger partial charge in [0.25, 0.3) is 0 Å². The molecule has 220 valence electrons. The lowest BCUT2D eigenvalue weighted by Gasteiger charge is -2.52. The summed E-state index contributed by atoms with van der Waals surface area (Å²) < 4.78 is 20.0. The Morgan fingerprint density at radius 3 is 2.26 bits per heavy atom. The lowest BCUT2D eigenvalue weighted by atomic mass is 9.55. The van der Waals surface area contributed by atoms with E-state index >= 15 is 0 Å². The third-order valence-electron chi connectivity index (χ3n) is 11.4. The van der Waals surface area contributed by atoms with E-state index in [1.54, 1.807) is 0 Å². The van der Waals surface area contributed by atoms with E-state index in [0.717, 1.165) is 25.0 Å². The number of alkyl halides is 1. The Balaban J connectivity index is 1.61. The molecule has 1 aromatic carbocycles. The number of fused-ring (bicyclic) bond motifs is 5. The Morgan fingerprint density at radius 1 is 1.03 bits per heavy atom. The van der Waals surface area contributed by atoms with Gasteiger partial charge in [-0.2, -0.15) is 0 Å². The lowest BCUT2D eigenvalue weighted by molar-refractivity contribution is -0.151. The van der Waals surface area contributed by atoms with Crippen LogP contribution in [-0.4, -0.2) is 40.1 Å². The maximum atomic E-state index is 12.5. The van der Waals surface area contributed by atoms with Crippen LogP contribution >= 0.6 is 15.9 Å². The van der Waals surface area contributed by atoms with Crippen LogP contribution in [0.4, 0.5) is 0 Å². The minimum absolute atomic E-state index is 0.0246. The van der Waals surface area contributed by atoms with E-state index in [4.69, 9.17) is 13.6 Å². The number of ether oxygens (including phenoxy) is 1. The number of carbonyl (C=O) groups excluding carboxylic acids is 1. The summed E-state index contributed by atoms with van der Waals surface area (Å²) in [5.74, 6) is 2.53. The summed E-state index contributed by atoms with van der Waals surface area (Å²) in [5.41, 5.74) is 3.03. The zero-order valence-electron chi connectivity index (χ0n) is 26.4. The summed E-state index contributed by atoms with van der Waals surface area (Å²) >= 11 is 3.32. The molecule has 0 N–H and O–H groups in total. The van der Waals surface area contributed by atoms with E-state index in [0.29, 0.717) is 17.8 Å². The Hall–Kier alpha value is -0.636. The van der Waals surface area contributed by atoms with Crippen molar-refractivity contribution in [2.75, 3.05) is 5.33 Å². The molecule has 2 fully saturated rings. The number of esters is 1. The van der Waals surface area contributed by atoms with Crippen molar-refractivity contribution in [2.24, 2.45) is 17.3 Å². The smallest absolute Gasteiger partial charge is 0.316 e. The monoisotopic (exact) mass is 636 g/mol. The van der Waals surface area contributed by atoms with Crippen LogP contribution in [0.15, 0.2) is 18.2 Å². The van der Waals surface area contributed by atoms with Gasteiger partial charge in [0.2, 0.25) is 8.32 Å². The van der Waals surface area contributed by atoms with E-state index in [-0.39, 0.29) is 39.0 Å². The Labute approximate surface area is 248 Å². The quantitative estimate of drug-likeness (QED) is 0.177. The van der Waals surface area contributed by atoms with Crippen molar-refractivity contribution in [3.8, 4) is 5.75 Å². The van der Waals surface area contributed by atoms with Crippen LogP contribution in [-0.2, 0) is 20.4 Å². The van der Waals surface area contributed by atoms with Crippen LogP contribution in [0.1, 0.15) is 91.2 Å². The fraction of sp³-hybridized carbons (Fsp3) is 0.781. The summed E-state index contributed by atoms with van der Waals surface area (Å²) in [6, 6.07) is 6.95. The highest BCUT2D eigenvalue weighted by atomic mass is 79.9. The van der Waals surface area contributed by atoms with Crippen molar-refractivity contribution in [1.29, 1.82) is 0 Å². The average Bonchev–Trinajstić information content (AvgIpc) is 3.07.